The normalized spacial score (nSPS) is 19.6. The van der Waals surface area contributed by atoms with Crippen LogP contribution in [0.5, 0.6) is 11.5 Å². The van der Waals surface area contributed by atoms with E-state index in [4.69, 9.17) is 9.47 Å². The van der Waals surface area contributed by atoms with Gasteiger partial charge in [0.05, 0.1) is 9.82 Å². The van der Waals surface area contributed by atoms with Crippen molar-refractivity contribution in [1.82, 2.24) is 4.31 Å². The molecule has 9 heteroatoms. The van der Waals surface area contributed by atoms with E-state index in [1.807, 2.05) is 18.2 Å². The van der Waals surface area contributed by atoms with Crippen molar-refractivity contribution in [1.29, 1.82) is 0 Å². The maximum absolute atomic E-state index is 12.8. The van der Waals surface area contributed by atoms with Crippen molar-refractivity contribution in [2.75, 3.05) is 19.9 Å². The van der Waals surface area contributed by atoms with Crippen LogP contribution in [0.2, 0.25) is 0 Å². The van der Waals surface area contributed by atoms with Gasteiger partial charge in [0, 0.05) is 25.2 Å². The molecule has 1 unspecified atom stereocenters. The van der Waals surface area contributed by atoms with Gasteiger partial charge in [-0.05, 0) is 36.1 Å². The van der Waals surface area contributed by atoms with Crippen LogP contribution in [0.25, 0.3) is 0 Å². The molecule has 0 aliphatic carbocycles. The summed E-state index contributed by atoms with van der Waals surface area (Å²) in [6.45, 7) is 0.881. The van der Waals surface area contributed by atoms with Crippen LogP contribution in [-0.2, 0) is 10.0 Å². The highest BCUT2D eigenvalue weighted by molar-refractivity contribution is 7.89. The van der Waals surface area contributed by atoms with Gasteiger partial charge >= 0.3 is 0 Å². The van der Waals surface area contributed by atoms with Crippen molar-refractivity contribution in [3.05, 3.63) is 58.1 Å². The predicted molar refractivity (Wildman–Crippen MR) is 91.8 cm³/mol. The number of nitrogens with zero attached hydrogens (tertiary/aromatic N) is 2. The molecule has 0 amide bonds. The average Bonchev–Trinajstić information content (AvgIpc) is 3.30. The van der Waals surface area contributed by atoms with E-state index in [2.05, 4.69) is 0 Å². The van der Waals surface area contributed by atoms with E-state index < -0.39 is 14.9 Å². The molecule has 1 atom stereocenters. The quantitative estimate of drug-likeness (QED) is 0.600. The molecular formula is C17H16N2O6S. The van der Waals surface area contributed by atoms with Crippen LogP contribution in [0, 0.1) is 10.1 Å². The molecule has 0 saturated carbocycles. The summed E-state index contributed by atoms with van der Waals surface area (Å²) in [5.74, 6) is 1.40. The van der Waals surface area contributed by atoms with Crippen LogP contribution in [-0.4, -0.2) is 37.5 Å². The number of hydrogen-bond acceptors (Lipinski definition) is 6. The van der Waals surface area contributed by atoms with Crippen LogP contribution in [0.3, 0.4) is 0 Å². The van der Waals surface area contributed by atoms with Crippen molar-refractivity contribution in [3.8, 4) is 11.5 Å². The van der Waals surface area contributed by atoms with Crippen molar-refractivity contribution >= 4 is 15.7 Å². The maximum Gasteiger partial charge on any atom is 0.270 e. The molecule has 0 aromatic heterocycles. The SMILES string of the molecule is O=[N+]([O-])c1cccc(S(=O)(=O)N2CCC(c3ccc4c(c3)OCO4)C2)c1. The first-order valence-corrected chi connectivity index (χ1v) is 9.53. The van der Waals surface area contributed by atoms with E-state index in [1.165, 1.54) is 22.5 Å². The summed E-state index contributed by atoms with van der Waals surface area (Å²) in [6, 6.07) is 10.8. The number of fused-ring (bicyclic) bond motifs is 1. The van der Waals surface area contributed by atoms with Crippen molar-refractivity contribution in [2.24, 2.45) is 0 Å². The molecule has 0 spiro atoms. The molecule has 26 heavy (non-hydrogen) atoms. The van der Waals surface area contributed by atoms with Gasteiger partial charge in [-0.2, -0.15) is 4.31 Å². The van der Waals surface area contributed by atoms with E-state index in [0.29, 0.717) is 31.0 Å². The molecule has 1 saturated heterocycles. The number of ether oxygens (including phenoxy) is 2. The smallest absolute Gasteiger partial charge is 0.270 e. The van der Waals surface area contributed by atoms with Crippen molar-refractivity contribution < 1.29 is 22.8 Å². The molecule has 136 valence electrons. The van der Waals surface area contributed by atoms with Crippen LogP contribution >= 0.6 is 0 Å². The predicted octanol–water partition coefficient (Wildman–Crippen LogP) is 2.50. The highest BCUT2D eigenvalue weighted by atomic mass is 32.2. The molecule has 0 bridgehead atoms. The van der Waals surface area contributed by atoms with Crippen LogP contribution in [0.15, 0.2) is 47.4 Å². The third-order valence-electron chi connectivity index (χ3n) is 4.69. The molecule has 4 rings (SSSR count). The molecule has 0 radical (unpaired) electrons. The van der Waals surface area contributed by atoms with Gasteiger partial charge < -0.3 is 9.47 Å². The van der Waals surface area contributed by atoms with E-state index in [9.17, 15) is 18.5 Å². The summed E-state index contributed by atoms with van der Waals surface area (Å²) in [5.41, 5.74) is 0.753. The molecule has 8 nitrogen and oxygen atoms in total. The van der Waals surface area contributed by atoms with Gasteiger partial charge in [0.2, 0.25) is 16.8 Å². The summed E-state index contributed by atoms with van der Waals surface area (Å²) >= 11 is 0. The molecule has 0 N–H and O–H groups in total. The second kappa shape index (κ2) is 6.26. The molecule has 2 aromatic rings. The topological polar surface area (TPSA) is 99.0 Å². The first-order chi connectivity index (χ1) is 12.4. The Balaban J connectivity index is 1.56. The Bertz CT molecular complexity index is 975. The lowest BCUT2D eigenvalue weighted by Gasteiger charge is -2.17. The number of sulfonamides is 1. The fourth-order valence-corrected chi connectivity index (χ4v) is 4.83. The molecule has 1 fully saturated rings. The van der Waals surface area contributed by atoms with Gasteiger partial charge in [0.15, 0.2) is 11.5 Å². The molecule has 2 aliphatic heterocycles. The summed E-state index contributed by atoms with van der Waals surface area (Å²) < 4.78 is 37.7. The molecule has 2 heterocycles. The Morgan fingerprint density at radius 3 is 2.73 bits per heavy atom. The zero-order valence-electron chi connectivity index (χ0n) is 13.7. The van der Waals surface area contributed by atoms with Gasteiger partial charge in [-0.3, -0.25) is 10.1 Å². The molecule has 2 aromatic carbocycles. The number of rotatable bonds is 4. The van der Waals surface area contributed by atoms with Gasteiger partial charge in [-0.25, -0.2) is 8.42 Å². The maximum atomic E-state index is 12.8. The monoisotopic (exact) mass is 376 g/mol. The second-order valence-corrected chi connectivity index (χ2v) is 8.15. The highest BCUT2D eigenvalue weighted by Crippen LogP contribution is 2.38. The van der Waals surface area contributed by atoms with E-state index in [1.54, 1.807) is 0 Å². The average molecular weight is 376 g/mol. The van der Waals surface area contributed by atoms with Gasteiger partial charge in [-0.1, -0.05) is 12.1 Å². The second-order valence-electron chi connectivity index (χ2n) is 6.22. The third kappa shape index (κ3) is 2.89. The molecular weight excluding hydrogens is 360 g/mol. The van der Waals surface area contributed by atoms with Crippen molar-refractivity contribution in [3.63, 3.8) is 0 Å². The van der Waals surface area contributed by atoms with Gasteiger partial charge in [-0.15, -0.1) is 0 Å². The zero-order valence-corrected chi connectivity index (χ0v) is 14.5. The Kier molecular flexibility index (Phi) is 4.04. The number of benzene rings is 2. The van der Waals surface area contributed by atoms with Crippen LogP contribution < -0.4 is 9.47 Å². The van der Waals surface area contributed by atoms with Gasteiger partial charge in [0.25, 0.3) is 5.69 Å². The highest BCUT2D eigenvalue weighted by Gasteiger charge is 2.34. The number of nitro groups is 1. The fourth-order valence-electron chi connectivity index (χ4n) is 3.29. The van der Waals surface area contributed by atoms with Crippen LogP contribution in [0.1, 0.15) is 17.9 Å². The minimum absolute atomic E-state index is 0.0398. The Morgan fingerprint density at radius 1 is 1.12 bits per heavy atom. The first kappa shape index (κ1) is 16.8. The number of hydrogen-bond donors (Lipinski definition) is 0. The largest absolute Gasteiger partial charge is 0.454 e. The van der Waals surface area contributed by atoms with E-state index in [0.717, 1.165) is 11.6 Å². The standard InChI is InChI=1S/C17H16N2O6S/c20-19(21)14-2-1-3-15(9-14)26(22,23)18-7-6-13(10-18)12-4-5-16-17(8-12)25-11-24-16/h1-5,8-9,13H,6-7,10-11H2. The molecule has 2 aliphatic rings. The number of nitro benzene ring substituents is 1. The minimum Gasteiger partial charge on any atom is -0.454 e. The Morgan fingerprint density at radius 2 is 1.92 bits per heavy atom. The van der Waals surface area contributed by atoms with Crippen molar-refractivity contribution in [2.45, 2.75) is 17.2 Å². The Hall–Kier alpha value is -2.65. The lowest BCUT2D eigenvalue weighted by molar-refractivity contribution is -0.385. The summed E-state index contributed by atoms with van der Waals surface area (Å²) in [5, 5.41) is 10.9. The number of non-ortho nitro benzene ring substituents is 1. The fraction of sp³-hybridized carbons (Fsp3) is 0.294. The lowest BCUT2D eigenvalue weighted by atomic mass is 9.98. The van der Waals surface area contributed by atoms with Crippen LogP contribution in [0.4, 0.5) is 5.69 Å². The van der Waals surface area contributed by atoms with Gasteiger partial charge in [0.1, 0.15) is 0 Å². The first-order valence-electron chi connectivity index (χ1n) is 8.09. The lowest BCUT2D eigenvalue weighted by Crippen LogP contribution is -2.28. The third-order valence-corrected chi connectivity index (χ3v) is 6.55. The Labute approximate surface area is 150 Å². The zero-order chi connectivity index (χ0) is 18.3. The summed E-state index contributed by atoms with van der Waals surface area (Å²) in [4.78, 5) is 10.3. The summed E-state index contributed by atoms with van der Waals surface area (Å²) in [7, 11) is -3.77. The van der Waals surface area contributed by atoms with E-state index in [-0.39, 0.29) is 23.3 Å². The summed E-state index contributed by atoms with van der Waals surface area (Å²) in [6.07, 6.45) is 0.674. The van der Waals surface area contributed by atoms with E-state index >= 15 is 0 Å². The minimum atomic E-state index is -3.77.